The van der Waals surface area contributed by atoms with Gasteiger partial charge in [0, 0.05) is 31.0 Å². The van der Waals surface area contributed by atoms with Crippen molar-refractivity contribution in [3.05, 3.63) is 0 Å². The van der Waals surface area contributed by atoms with Crippen LogP contribution in [0.5, 0.6) is 0 Å². The summed E-state index contributed by atoms with van der Waals surface area (Å²) in [6.07, 6.45) is 0. The van der Waals surface area contributed by atoms with E-state index in [-0.39, 0.29) is 0 Å². The molecule has 0 aromatic rings. The van der Waals surface area contributed by atoms with Gasteiger partial charge in [-0.2, -0.15) is 0 Å². The van der Waals surface area contributed by atoms with Crippen LogP contribution in [0.1, 0.15) is 0 Å². The molecule has 0 aliphatic rings. The Morgan fingerprint density at radius 1 is 1.60 bits per heavy atom. The Morgan fingerprint density at radius 3 is 1.60 bits per heavy atom. The maximum atomic E-state index is 9.91. The van der Waals surface area contributed by atoms with Gasteiger partial charge in [0.05, 0.1) is 0 Å². The molecule has 0 spiro atoms. The van der Waals surface area contributed by atoms with Crippen LogP contribution in [0.2, 0.25) is 0 Å². The minimum atomic E-state index is -2.32. The van der Waals surface area contributed by atoms with Crippen molar-refractivity contribution in [3.8, 4) is 0 Å². The Balaban J connectivity index is 3.47. The second-order valence-electron chi connectivity index (χ2n) is 0.435. The molecule has 0 heterocycles. The van der Waals surface area contributed by atoms with Gasteiger partial charge in [0.25, 0.3) is 3.75 Å². The maximum Gasteiger partial charge on any atom is 0.257 e. The van der Waals surface area contributed by atoms with E-state index < -0.39 is 3.75 Å². The Hall–Kier alpha value is 1.54. The van der Waals surface area contributed by atoms with Gasteiger partial charge in [-0.1, -0.05) is 12.2 Å². The van der Waals surface area contributed by atoms with Crippen molar-refractivity contribution in [2.75, 3.05) is 0 Å². The van der Waals surface area contributed by atoms with Gasteiger partial charge in [-0.25, -0.2) is 0 Å². The fourth-order valence-corrected chi connectivity index (χ4v) is 0. The fourth-order valence-electron chi connectivity index (χ4n) is 0. The molecule has 0 unspecified atom stereocenters. The van der Waals surface area contributed by atoms with Crippen LogP contribution in [0.4, 0.5) is 0 Å². The van der Waals surface area contributed by atoms with Gasteiger partial charge in [-0.3, -0.25) is 4.57 Å². The molecule has 32 valence electrons. The molecule has 0 aromatic heterocycles. The smallest absolute Gasteiger partial charge is 0.257 e. The highest BCUT2D eigenvalue weighted by molar-refractivity contribution is 9.78. The monoisotopic (exact) mass is 238 g/mol. The summed E-state index contributed by atoms with van der Waals surface area (Å²) in [5.74, 6) is 0. The van der Waals surface area contributed by atoms with E-state index >= 15 is 0 Å². The molecule has 0 aromatic carbocycles. The Bertz CT molecular complexity index is 55.8. The minimum absolute atomic E-state index is 2.32. The van der Waals surface area contributed by atoms with Crippen molar-refractivity contribution in [2.45, 2.75) is 0 Å². The van der Waals surface area contributed by atoms with Crippen LogP contribution in [0.15, 0.2) is 0 Å². The van der Waals surface area contributed by atoms with Gasteiger partial charge in [0.15, 0.2) is 0 Å². The number of thiol groups is 1. The normalized spacial score (nSPS) is 11.8. The van der Waals surface area contributed by atoms with Crippen LogP contribution in [-0.4, -0.2) is 0 Å². The first-order valence-corrected chi connectivity index (χ1v) is 7.62. The SMILES string of the molecule is O=P(S)(Br)Br. The van der Waals surface area contributed by atoms with E-state index in [9.17, 15) is 4.57 Å². The lowest BCUT2D eigenvalue weighted by atomic mass is 16.0. The summed E-state index contributed by atoms with van der Waals surface area (Å²) >= 11 is 8.93. The first kappa shape index (κ1) is 6.54. The summed E-state index contributed by atoms with van der Waals surface area (Å²) in [6.45, 7) is 0. The second kappa shape index (κ2) is 2.01. The predicted octanol–water partition coefficient (Wildman–Crippen LogP) is 2.81. The third kappa shape index (κ3) is 29.3. The van der Waals surface area contributed by atoms with Crippen molar-refractivity contribution in [3.63, 3.8) is 0 Å². The average Bonchev–Trinajstić information content (AvgIpc) is 0.722. The zero-order valence-corrected chi connectivity index (χ0v) is 7.02. The Kier molecular flexibility index (Phi) is 2.63. The van der Waals surface area contributed by atoms with Crippen LogP contribution >= 0.6 is 47.0 Å². The third-order valence-electron chi connectivity index (χ3n) is 0. The molecular formula is HBr2OPS. The average molecular weight is 240 g/mol. The molecule has 0 atom stereocenters. The van der Waals surface area contributed by atoms with Crippen LogP contribution in [0.25, 0.3) is 0 Å². The van der Waals surface area contributed by atoms with Gasteiger partial charge in [0.2, 0.25) is 0 Å². The summed E-state index contributed by atoms with van der Waals surface area (Å²) in [5.41, 5.74) is 0. The van der Waals surface area contributed by atoms with E-state index in [1.54, 1.807) is 0 Å². The number of hydrogen-bond donors (Lipinski definition) is 1. The van der Waals surface area contributed by atoms with Crippen molar-refractivity contribution in [1.82, 2.24) is 0 Å². The lowest BCUT2D eigenvalue weighted by molar-refractivity contribution is 0.602. The van der Waals surface area contributed by atoms with Gasteiger partial charge in [-0.05, 0) is 0 Å². The molecule has 0 saturated heterocycles. The molecule has 0 aliphatic heterocycles. The Labute approximate surface area is 51.5 Å². The van der Waals surface area contributed by atoms with E-state index in [1.807, 2.05) is 0 Å². The quantitative estimate of drug-likeness (QED) is 0.508. The number of rotatable bonds is 0. The van der Waals surface area contributed by atoms with Crippen molar-refractivity contribution in [2.24, 2.45) is 0 Å². The summed E-state index contributed by atoms with van der Waals surface area (Å²) in [4.78, 5) is 0. The molecule has 0 aliphatic carbocycles. The standard InChI is InChI=1S/Br2HOPS/c1-4(2,3)5/h(H,3,5). The lowest BCUT2D eigenvalue weighted by Crippen LogP contribution is -1.16. The summed E-state index contributed by atoms with van der Waals surface area (Å²) in [5, 5.41) is 0. The molecule has 5 heteroatoms. The third-order valence-corrected chi connectivity index (χ3v) is 0. The van der Waals surface area contributed by atoms with E-state index in [0.717, 1.165) is 0 Å². The molecule has 0 saturated carbocycles. The minimum Gasteiger partial charge on any atom is -0.288 e. The summed E-state index contributed by atoms with van der Waals surface area (Å²) in [6, 6.07) is 0. The van der Waals surface area contributed by atoms with Crippen LogP contribution in [-0.2, 0) is 4.57 Å². The highest BCUT2D eigenvalue weighted by Gasteiger charge is 1.98. The largest absolute Gasteiger partial charge is 0.288 e. The first-order chi connectivity index (χ1) is 2.00. The van der Waals surface area contributed by atoms with Gasteiger partial charge in [0.1, 0.15) is 0 Å². The fraction of sp³-hybridized carbons (Fsp3) is 0. The Morgan fingerprint density at radius 2 is 1.60 bits per heavy atom. The first-order valence-electron chi connectivity index (χ1n) is 0.721. The predicted molar refractivity (Wildman–Crippen MR) is 34.4 cm³/mol. The van der Waals surface area contributed by atoms with Crippen molar-refractivity contribution < 1.29 is 4.57 Å². The van der Waals surface area contributed by atoms with Crippen LogP contribution < -0.4 is 0 Å². The van der Waals surface area contributed by atoms with E-state index in [2.05, 4.69) is 43.2 Å². The van der Waals surface area contributed by atoms with Gasteiger partial charge < -0.3 is 0 Å². The number of hydrogen-bond acceptors (Lipinski definition) is 1. The van der Waals surface area contributed by atoms with Crippen molar-refractivity contribution in [1.29, 1.82) is 0 Å². The molecule has 0 N–H and O–H groups in total. The highest BCUT2D eigenvalue weighted by atomic mass is 79.9. The second-order valence-corrected chi connectivity index (χ2v) is 15.1. The summed E-state index contributed by atoms with van der Waals surface area (Å²) in [7, 11) is 0. The molecule has 0 amide bonds. The molecule has 0 fully saturated rings. The van der Waals surface area contributed by atoms with E-state index in [4.69, 9.17) is 0 Å². The van der Waals surface area contributed by atoms with Crippen molar-refractivity contribution >= 4 is 47.0 Å². The van der Waals surface area contributed by atoms with E-state index in [1.165, 1.54) is 0 Å². The molecule has 0 radical (unpaired) electrons. The molecule has 1 nitrogen and oxygen atoms in total. The van der Waals surface area contributed by atoms with E-state index in [0.29, 0.717) is 0 Å². The van der Waals surface area contributed by atoms with Crippen LogP contribution in [0, 0.1) is 0 Å². The van der Waals surface area contributed by atoms with Gasteiger partial charge >= 0.3 is 0 Å². The zero-order valence-electron chi connectivity index (χ0n) is 2.06. The molecule has 0 rings (SSSR count). The zero-order chi connectivity index (χ0) is 4.50. The van der Waals surface area contributed by atoms with Gasteiger partial charge in [-0.15, -0.1) is 0 Å². The van der Waals surface area contributed by atoms with Crippen LogP contribution in [0.3, 0.4) is 0 Å². The molecular weight excluding hydrogens is 239 g/mol. The molecule has 5 heavy (non-hydrogen) atoms. The topological polar surface area (TPSA) is 17.1 Å². The number of halogens is 2. The maximum absolute atomic E-state index is 9.91. The summed E-state index contributed by atoms with van der Waals surface area (Å²) < 4.78 is 7.59. The molecule has 0 bridgehead atoms. The highest BCUT2D eigenvalue weighted by Crippen LogP contribution is 2.65. The lowest BCUT2D eigenvalue weighted by Gasteiger charge is -1.78.